The molecule has 1 unspecified atom stereocenters. The van der Waals surface area contributed by atoms with E-state index in [9.17, 15) is 4.79 Å². The Kier molecular flexibility index (Phi) is 4.79. The molecule has 0 fully saturated rings. The smallest absolute Gasteiger partial charge is 0.236 e. The van der Waals surface area contributed by atoms with Crippen LogP contribution in [0.15, 0.2) is 24.3 Å². The van der Waals surface area contributed by atoms with Gasteiger partial charge in [-0.15, -0.1) is 0 Å². The predicted octanol–water partition coefficient (Wildman–Crippen LogP) is 1.05. The molecule has 4 nitrogen and oxygen atoms in total. The quantitative estimate of drug-likeness (QED) is 0.782. The van der Waals surface area contributed by atoms with E-state index in [-0.39, 0.29) is 5.91 Å². The van der Waals surface area contributed by atoms with Crippen molar-refractivity contribution in [1.29, 1.82) is 0 Å². The number of nitrogens with one attached hydrogen (secondary N) is 1. The van der Waals surface area contributed by atoms with Crippen LogP contribution in [0.5, 0.6) is 5.75 Å². The van der Waals surface area contributed by atoms with Crippen LogP contribution >= 0.6 is 0 Å². The summed E-state index contributed by atoms with van der Waals surface area (Å²) in [5.41, 5.74) is 6.44. The van der Waals surface area contributed by atoms with Gasteiger partial charge >= 0.3 is 0 Å². The fraction of sp³-hybridized carbons (Fsp3) is 0.417. The number of amides is 1. The van der Waals surface area contributed by atoms with Crippen molar-refractivity contribution in [3.8, 4) is 5.75 Å². The van der Waals surface area contributed by atoms with Crippen LogP contribution in [-0.2, 0) is 11.3 Å². The van der Waals surface area contributed by atoms with E-state index in [0.29, 0.717) is 13.2 Å². The van der Waals surface area contributed by atoms with Crippen molar-refractivity contribution in [2.45, 2.75) is 26.4 Å². The third kappa shape index (κ3) is 3.90. The number of nitrogens with two attached hydrogens (primary N) is 1. The van der Waals surface area contributed by atoms with Gasteiger partial charge in [-0.3, -0.25) is 4.79 Å². The molecule has 3 N–H and O–H groups in total. The molecule has 0 bridgehead atoms. The molecule has 0 heterocycles. The van der Waals surface area contributed by atoms with Crippen LogP contribution in [0.1, 0.15) is 19.4 Å². The Morgan fingerprint density at radius 2 is 2.31 bits per heavy atom. The van der Waals surface area contributed by atoms with Gasteiger partial charge in [0, 0.05) is 6.54 Å². The summed E-state index contributed by atoms with van der Waals surface area (Å²) in [6.07, 6.45) is 0. The molecule has 0 aliphatic carbocycles. The van der Waals surface area contributed by atoms with E-state index in [1.54, 1.807) is 6.92 Å². The zero-order valence-corrected chi connectivity index (χ0v) is 9.69. The second-order valence-corrected chi connectivity index (χ2v) is 3.59. The van der Waals surface area contributed by atoms with Crippen molar-refractivity contribution in [2.24, 2.45) is 5.73 Å². The maximum atomic E-state index is 11.3. The van der Waals surface area contributed by atoms with Gasteiger partial charge in [0.15, 0.2) is 0 Å². The van der Waals surface area contributed by atoms with E-state index in [4.69, 9.17) is 10.5 Å². The zero-order valence-electron chi connectivity index (χ0n) is 9.69. The highest BCUT2D eigenvalue weighted by atomic mass is 16.5. The molecule has 1 atom stereocenters. The molecule has 0 saturated heterocycles. The van der Waals surface area contributed by atoms with Crippen molar-refractivity contribution < 1.29 is 9.53 Å². The van der Waals surface area contributed by atoms with Crippen LogP contribution in [0.3, 0.4) is 0 Å². The molecule has 1 aromatic carbocycles. The molecule has 1 aromatic rings. The average molecular weight is 222 g/mol. The number of carbonyl (C=O) groups is 1. The van der Waals surface area contributed by atoms with Crippen molar-refractivity contribution in [1.82, 2.24) is 5.32 Å². The monoisotopic (exact) mass is 222 g/mol. The first-order chi connectivity index (χ1) is 7.63. The number of carbonyl (C=O) groups excluding carboxylic acids is 1. The number of ether oxygens (including phenoxy) is 1. The van der Waals surface area contributed by atoms with E-state index >= 15 is 0 Å². The Hall–Kier alpha value is -1.55. The summed E-state index contributed by atoms with van der Waals surface area (Å²) in [5.74, 6) is 0.664. The highest BCUT2D eigenvalue weighted by Crippen LogP contribution is 2.12. The van der Waals surface area contributed by atoms with E-state index in [2.05, 4.69) is 5.32 Å². The number of hydrogen-bond acceptors (Lipinski definition) is 3. The standard InChI is InChI=1S/C12H18N2O2/c1-3-16-11-6-4-5-10(7-11)8-14-12(15)9(2)13/h4-7,9H,3,8,13H2,1-2H3,(H,14,15). The minimum absolute atomic E-state index is 0.151. The second-order valence-electron chi connectivity index (χ2n) is 3.59. The van der Waals surface area contributed by atoms with Gasteiger partial charge in [-0.25, -0.2) is 0 Å². The van der Waals surface area contributed by atoms with Gasteiger partial charge in [0.25, 0.3) is 0 Å². The van der Waals surface area contributed by atoms with Gasteiger partial charge in [-0.05, 0) is 31.5 Å². The van der Waals surface area contributed by atoms with Crippen LogP contribution in [0.2, 0.25) is 0 Å². The summed E-state index contributed by atoms with van der Waals surface area (Å²) in [6.45, 7) is 4.70. The van der Waals surface area contributed by atoms with Crippen molar-refractivity contribution in [2.75, 3.05) is 6.61 Å². The summed E-state index contributed by atoms with van der Waals surface area (Å²) >= 11 is 0. The summed E-state index contributed by atoms with van der Waals surface area (Å²) in [6, 6.07) is 7.16. The Balaban J connectivity index is 2.53. The zero-order chi connectivity index (χ0) is 12.0. The molecule has 88 valence electrons. The topological polar surface area (TPSA) is 64.3 Å². The summed E-state index contributed by atoms with van der Waals surface area (Å²) in [4.78, 5) is 11.3. The first-order valence-corrected chi connectivity index (χ1v) is 5.38. The Bertz CT molecular complexity index is 351. The average Bonchev–Trinajstić information content (AvgIpc) is 2.26. The third-order valence-electron chi connectivity index (χ3n) is 2.09. The molecule has 1 rings (SSSR count). The van der Waals surface area contributed by atoms with Gasteiger partial charge in [0.2, 0.25) is 5.91 Å². The molecule has 0 aliphatic heterocycles. The molecule has 0 saturated carbocycles. The van der Waals surface area contributed by atoms with E-state index in [0.717, 1.165) is 11.3 Å². The lowest BCUT2D eigenvalue weighted by atomic mass is 10.2. The van der Waals surface area contributed by atoms with Crippen molar-refractivity contribution >= 4 is 5.91 Å². The Labute approximate surface area is 95.8 Å². The van der Waals surface area contributed by atoms with Gasteiger partial charge in [-0.1, -0.05) is 12.1 Å². The molecule has 0 aliphatic rings. The lowest BCUT2D eigenvalue weighted by Crippen LogP contribution is -2.37. The molecular formula is C12H18N2O2. The van der Waals surface area contributed by atoms with Crippen LogP contribution in [0.4, 0.5) is 0 Å². The fourth-order valence-electron chi connectivity index (χ4n) is 1.26. The van der Waals surface area contributed by atoms with Crippen LogP contribution in [0, 0.1) is 0 Å². The SMILES string of the molecule is CCOc1cccc(CNC(=O)C(C)N)c1. The normalized spacial score (nSPS) is 11.9. The molecule has 0 aromatic heterocycles. The molecule has 4 heteroatoms. The fourth-order valence-corrected chi connectivity index (χ4v) is 1.26. The van der Waals surface area contributed by atoms with Crippen molar-refractivity contribution in [3.05, 3.63) is 29.8 Å². The number of benzene rings is 1. The summed E-state index contributed by atoms with van der Waals surface area (Å²) in [5, 5.41) is 2.75. The molecule has 16 heavy (non-hydrogen) atoms. The van der Waals surface area contributed by atoms with Crippen LogP contribution < -0.4 is 15.8 Å². The van der Waals surface area contributed by atoms with Gasteiger partial charge in [0.05, 0.1) is 12.6 Å². The highest BCUT2D eigenvalue weighted by Gasteiger charge is 2.06. The largest absolute Gasteiger partial charge is 0.494 e. The molecule has 1 amide bonds. The lowest BCUT2D eigenvalue weighted by Gasteiger charge is -2.09. The summed E-state index contributed by atoms with van der Waals surface area (Å²) in [7, 11) is 0. The number of hydrogen-bond donors (Lipinski definition) is 2. The number of rotatable bonds is 5. The maximum Gasteiger partial charge on any atom is 0.236 e. The minimum atomic E-state index is -0.477. The van der Waals surface area contributed by atoms with Crippen LogP contribution in [0.25, 0.3) is 0 Å². The van der Waals surface area contributed by atoms with Crippen LogP contribution in [-0.4, -0.2) is 18.6 Å². The first kappa shape index (κ1) is 12.5. The second kappa shape index (κ2) is 6.12. The van der Waals surface area contributed by atoms with E-state index in [1.165, 1.54) is 0 Å². The third-order valence-corrected chi connectivity index (χ3v) is 2.09. The first-order valence-electron chi connectivity index (χ1n) is 5.38. The predicted molar refractivity (Wildman–Crippen MR) is 63.1 cm³/mol. The van der Waals surface area contributed by atoms with Crippen molar-refractivity contribution in [3.63, 3.8) is 0 Å². The van der Waals surface area contributed by atoms with E-state index < -0.39 is 6.04 Å². The van der Waals surface area contributed by atoms with Gasteiger partial charge < -0.3 is 15.8 Å². The van der Waals surface area contributed by atoms with Gasteiger partial charge in [0.1, 0.15) is 5.75 Å². The van der Waals surface area contributed by atoms with E-state index in [1.807, 2.05) is 31.2 Å². The lowest BCUT2D eigenvalue weighted by molar-refractivity contribution is -0.122. The van der Waals surface area contributed by atoms with Gasteiger partial charge in [-0.2, -0.15) is 0 Å². The Morgan fingerprint density at radius 1 is 1.56 bits per heavy atom. The summed E-state index contributed by atoms with van der Waals surface area (Å²) < 4.78 is 5.36. The maximum absolute atomic E-state index is 11.3. The minimum Gasteiger partial charge on any atom is -0.494 e. The molecule has 0 radical (unpaired) electrons. The Morgan fingerprint density at radius 3 is 2.94 bits per heavy atom. The molecule has 0 spiro atoms. The highest BCUT2D eigenvalue weighted by molar-refractivity contribution is 5.80. The molecular weight excluding hydrogens is 204 g/mol.